The van der Waals surface area contributed by atoms with Crippen LogP contribution in [-0.4, -0.2) is 19.1 Å². The summed E-state index contributed by atoms with van der Waals surface area (Å²) in [5.74, 6) is 1.41. The molecule has 0 fully saturated rings. The Kier molecular flexibility index (Phi) is 5.81. The van der Waals surface area contributed by atoms with Gasteiger partial charge < -0.3 is 20.9 Å². The molecule has 0 spiro atoms. The van der Waals surface area contributed by atoms with Crippen LogP contribution in [0.3, 0.4) is 0 Å². The van der Waals surface area contributed by atoms with Crippen molar-refractivity contribution in [2.75, 3.05) is 25.7 Å². The number of rotatable bonds is 3. The van der Waals surface area contributed by atoms with Crippen molar-refractivity contribution in [3.8, 4) is 11.5 Å². The number of nitrogens with zero attached hydrogens (tertiary/aromatic N) is 1. The zero-order valence-corrected chi connectivity index (χ0v) is 11.8. The van der Waals surface area contributed by atoms with Crippen LogP contribution in [0.5, 0.6) is 11.5 Å². The SMILES string of the molecule is COc1ccc(OC)c(N)c1.Nc1ccc([N+](=O)[O-])cc1. The average Bonchev–Trinajstić information content (AvgIpc) is 2.48. The van der Waals surface area contributed by atoms with Gasteiger partial charge in [-0.05, 0) is 24.3 Å². The van der Waals surface area contributed by atoms with E-state index in [0.29, 0.717) is 17.1 Å². The second-order valence-electron chi connectivity index (χ2n) is 3.96. The largest absolute Gasteiger partial charge is 0.497 e. The molecule has 0 saturated heterocycles. The Morgan fingerprint density at radius 3 is 2.05 bits per heavy atom. The Balaban J connectivity index is 0.000000211. The second kappa shape index (κ2) is 7.59. The lowest BCUT2D eigenvalue weighted by atomic mass is 10.3. The van der Waals surface area contributed by atoms with Gasteiger partial charge in [-0.15, -0.1) is 0 Å². The molecule has 2 rings (SSSR count). The zero-order chi connectivity index (χ0) is 15.8. The van der Waals surface area contributed by atoms with Gasteiger partial charge in [0, 0.05) is 23.9 Å². The van der Waals surface area contributed by atoms with E-state index in [-0.39, 0.29) is 5.69 Å². The van der Waals surface area contributed by atoms with Gasteiger partial charge in [-0.2, -0.15) is 0 Å². The number of nitrogen functional groups attached to an aromatic ring is 2. The van der Waals surface area contributed by atoms with Crippen LogP contribution >= 0.6 is 0 Å². The van der Waals surface area contributed by atoms with E-state index in [2.05, 4.69) is 0 Å². The van der Waals surface area contributed by atoms with E-state index < -0.39 is 4.92 Å². The molecule has 0 radical (unpaired) electrons. The molecule has 2 aromatic carbocycles. The minimum Gasteiger partial charge on any atom is -0.497 e. The van der Waals surface area contributed by atoms with Gasteiger partial charge >= 0.3 is 0 Å². The minimum atomic E-state index is -0.459. The summed E-state index contributed by atoms with van der Waals surface area (Å²) in [7, 11) is 3.18. The highest BCUT2D eigenvalue weighted by Crippen LogP contribution is 2.25. The van der Waals surface area contributed by atoms with Crippen LogP contribution in [0, 0.1) is 10.1 Å². The summed E-state index contributed by atoms with van der Waals surface area (Å²) >= 11 is 0. The van der Waals surface area contributed by atoms with E-state index in [1.165, 1.54) is 24.3 Å². The third-order valence-corrected chi connectivity index (χ3v) is 2.54. The van der Waals surface area contributed by atoms with Gasteiger partial charge in [-0.3, -0.25) is 10.1 Å². The topological polar surface area (TPSA) is 114 Å². The van der Waals surface area contributed by atoms with Crippen LogP contribution in [0.25, 0.3) is 0 Å². The van der Waals surface area contributed by atoms with Crippen molar-refractivity contribution in [2.24, 2.45) is 0 Å². The van der Waals surface area contributed by atoms with Crippen molar-refractivity contribution in [1.29, 1.82) is 0 Å². The molecule has 112 valence electrons. The van der Waals surface area contributed by atoms with Gasteiger partial charge in [-0.25, -0.2) is 0 Å². The first-order chi connectivity index (χ1) is 9.97. The number of nitro benzene ring substituents is 1. The van der Waals surface area contributed by atoms with Gasteiger partial charge in [0.05, 0.1) is 24.8 Å². The van der Waals surface area contributed by atoms with Crippen LogP contribution < -0.4 is 20.9 Å². The lowest BCUT2D eigenvalue weighted by Crippen LogP contribution is -1.92. The predicted octanol–water partition coefficient (Wildman–Crippen LogP) is 2.46. The first-order valence-electron chi connectivity index (χ1n) is 5.95. The maximum atomic E-state index is 10.1. The normalized spacial score (nSPS) is 9.24. The number of nitro groups is 1. The van der Waals surface area contributed by atoms with Gasteiger partial charge in [0.25, 0.3) is 5.69 Å². The molecule has 0 aliphatic heterocycles. The number of non-ortho nitro benzene ring substituents is 1. The molecule has 0 aliphatic rings. The molecule has 7 heteroatoms. The summed E-state index contributed by atoms with van der Waals surface area (Å²) in [5, 5.41) is 10.1. The van der Waals surface area contributed by atoms with Crippen molar-refractivity contribution in [3.63, 3.8) is 0 Å². The smallest absolute Gasteiger partial charge is 0.269 e. The van der Waals surface area contributed by atoms with Gasteiger partial charge in [0.2, 0.25) is 0 Å². The van der Waals surface area contributed by atoms with Crippen LogP contribution in [0.1, 0.15) is 0 Å². The molecular weight excluding hydrogens is 274 g/mol. The summed E-state index contributed by atoms with van der Waals surface area (Å²) in [6, 6.07) is 11.0. The van der Waals surface area contributed by atoms with Crippen molar-refractivity contribution in [3.05, 3.63) is 52.6 Å². The first-order valence-corrected chi connectivity index (χ1v) is 5.95. The van der Waals surface area contributed by atoms with E-state index in [1.807, 2.05) is 0 Å². The third kappa shape index (κ3) is 4.90. The van der Waals surface area contributed by atoms with Crippen LogP contribution in [0.2, 0.25) is 0 Å². The zero-order valence-electron chi connectivity index (χ0n) is 11.8. The van der Waals surface area contributed by atoms with E-state index >= 15 is 0 Å². The first kappa shape index (κ1) is 16.1. The number of ether oxygens (including phenoxy) is 2. The molecule has 0 aliphatic carbocycles. The quantitative estimate of drug-likeness (QED) is 0.510. The molecule has 4 N–H and O–H groups in total. The number of hydrogen-bond acceptors (Lipinski definition) is 6. The molecule has 0 atom stereocenters. The Bertz CT molecular complexity index is 600. The van der Waals surface area contributed by atoms with Crippen LogP contribution in [0.4, 0.5) is 17.1 Å². The highest BCUT2D eigenvalue weighted by atomic mass is 16.6. The predicted molar refractivity (Wildman–Crippen MR) is 81.5 cm³/mol. The summed E-state index contributed by atoms with van der Waals surface area (Å²) in [4.78, 5) is 9.62. The fourth-order valence-electron chi connectivity index (χ4n) is 1.44. The van der Waals surface area contributed by atoms with Gasteiger partial charge in [0.1, 0.15) is 11.5 Å². The summed E-state index contributed by atoms with van der Waals surface area (Å²) in [6.45, 7) is 0. The Morgan fingerprint density at radius 2 is 1.62 bits per heavy atom. The molecule has 0 saturated carbocycles. The maximum absolute atomic E-state index is 10.1. The lowest BCUT2D eigenvalue weighted by Gasteiger charge is -2.05. The molecule has 0 bridgehead atoms. The van der Waals surface area contributed by atoms with Crippen molar-refractivity contribution < 1.29 is 14.4 Å². The van der Waals surface area contributed by atoms with E-state index in [9.17, 15) is 10.1 Å². The molecular formula is C14H17N3O4. The van der Waals surface area contributed by atoms with Crippen molar-refractivity contribution in [2.45, 2.75) is 0 Å². The number of methoxy groups -OCH3 is 2. The lowest BCUT2D eigenvalue weighted by molar-refractivity contribution is -0.384. The molecule has 0 unspecified atom stereocenters. The number of hydrogen-bond donors (Lipinski definition) is 2. The Hall–Kier alpha value is -2.96. The molecule has 2 aromatic rings. The number of nitrogens with two attached hydrogens (primary N) is 2. The third-order valence-electron chi connectivity index (χ3n) is 2.54. The molecule has 0 aromatic heterocycles. The molecule has 0 amide bonds. The second-order valence-corrected chi connectivity index (χ2v) is 3.96. The van der Waals surface area contributed by atoms with Crippen LogP contribution in [-0.2, 0) is 0 Å². The summed E-state index contributed by atoms with van der Waals surface area (Å²) in [5.41, 5.74) is 12.1. The van der Waals surface area contributed by atoms with Gasteiger partial charge in [0.15, 0.2) is 0 Å². The highest BCUT2D eigenvalue weighted by Gasteiger charge is 2.01. The maximum Gasteiger partial charge on any atom is 0.269 e. The standard InChI is InChI=1S/C8H11NO2.C6H6N2O2/c1-10-6-3-4-8(11-2)7(9)5-6;7-5-1-3-6(4-2-5)8(9)10/h3-5H,9H2,1-2H3;1-4H,7H2. The fraction of sp³-hybridized carbons (Fsp3) is 0.143. The number of anilines is 2. The summed E-state index contributed by atoms with van der Waals surface area (Å²) in [6.07, 6.45) is 0. The monoisotopic (exact) mass is 291 g/mol. The molecule has 7 nitrogen and oxygen atoms in total. The summed E-state index contributed by atoms with van der Waals surface area (Å²) < 4.78 is 9.92. The minimum absolute atomic E-state index is 0.0641. The number of benzene rings is 2. The van der Waals surface area contributed by atoms with Crippen molar-refractivity contribution in [1.82, 2.24) is 0 Å². The fourth-order valence-corrected chi connectivity index (χ4v) is 1.44. The Morgan fingerprint density at radius 1 is 1.00 bits per heavy atom. The highest BCUT2D eigenvalue weighted by molar-refractivity contribution is 5.56. The van der Waals surface area contributed by atoms with E-state index in [1.54, 1.807) is 32.4 Å². The van der Waals surface area contributed by atoms with E-state index in [0.717, 1.165) is 5.75 Å². The Labute approximate surface area is 122 Å². The van der Waals surface area contributed by atoms with Crippen LogP contribution in [0.15, 0.2) is 42.5 Å². The van der Waals surface area contributed by atoms with Gasteiger partial charge in [-0.1, -0.05) is 0 Å². The average molecular weight is 291 g/mol. The van der Waals surface area contributed by atoms with E-state index in [4.69, 9.17) is 20.9 Å². The van der Waals surface area contributed by atoms with Crippen molar-refractivity contribution >= 4 is 17.1 Å². The molecule has 21 heavy (non-hydrogen) atoms. The molecule has 0 heterocycles.